The summed E-state index contributed by atoms with van der Waals surface area (Å²) in [6.07, 6.45) is -5.52. The molecule has 0 aliphatic heterocycles. The number of ether oxygens (including phenoxy) is 1. The Hall–Kier alpha value is -2.77. The van der Waals surface area contributed by atoms with Crippen LogP contribution in [-0.4, -0.2) is 26.1 Å². The van der Waals surface area contributed by atoms with Crippen molar-refractivity contribution in [2.24, 2.45) is 0 Å². The molecule has 0 heterocycles. The topological polar surface area (TPSA) is 41.6 Å². The lowest BCUT2D eigenvalue weighted by Crippen LogP contribution is -2.31. The van der Waals surface area contributed by atoms with Crippen molar-refractivity contribution in [1.29, 1.82) is 0 Å². The molecule has 1 atom stereocenters. The summed E-state index contributed by atoms with van der Waals surface area (Å²) in [6, 6.07) is 8.17. The second-order valence-electron chi connectivity index (χ2n) is 5.83. The highest BCUT2D eigenvalue weighted by atomic mass is 19.4. The molecule has 0 saturated carbocycles. The molecule has 0 aliphatic carbocycles. The number of hydrogen-bond donors (Lipinski definition) is 1. The van der Waals surface area contributed by atoms with E-state index in [1.165, 1.54) is 37.3 Å². The Bertz CT molecular complexity index is 774. The smallest absolute Gasteiger partial charge is 0.416 e. The van der Waals surface area contributed by atoms with E-state index in [2.05, 4.69) is 5.32 Å². The molecule has 0 radical (unpaired) electrons. The average Bonchev–Trinajstić information content (AvgIpc) is 2.55. The molecular weight excluding hydrogens is 352 g/mol. The first-order chi connectivity index (χ1) is 12.1. The number of alkyl halides is 3. The van der Waals surface area contributed by atoms with Crippen LogP contribution in [0.3, 0.4) is 0 Å². The van der Waals surface area contributed by atoms with E-state index >= 15 is 0 Å². The van der Waals surface area contributed by atoms with Crippen LogP contribution in [0.15, 0.2) is 42.5 Å². The number of halogens is 4. The van der Waals surface area contributed by atoms with Crippen LogP contribution in [-0.2, 0) is 11.0 Å². The summed E-state index contributed by atoms with van der Waals surface area (Å²) in [7, 11) is 3.30. The minimum absolute atomic E-state index is 0.0179. The Balaban J connectivity index is 2.19. The zero-order valence-electron chi connectivity index (χ0n) is 14.4. The SMILES string of the molecule is CC(Oc1ccc(F)cc1)C(=O)Nc1cc(C(F)(F)F)ccc1N(C)C. The van der Waals surface area contributed by atoms with Gasteiger partial charge in [0.2, 0.25) is 0 Å². The third-order valence-electron chi connectivity index (χ3n) is 3.56. The number of rotatable bonds is 5. The minimum Gasteiger partial charge on any atom is -0.481 e. The Kier molecular flexibility index (Phi) is 5.74. The first-order valence-electron chi connectivity index (χ1n) is 7.69. The van der Waals surface area contributed by atoms with E-state index in [-0.39, 0.29) is 11.4 Å². The Morgan fingerprint density at radius 3 is 2.27 bits per heavy atom. The van der Waals surface area contributed by atoms with Crippen LogP contribution in [0.25, 0.3) is 0 Å². The predicted octanol–water partition coefficient (Wildman–Crippen LogP) is 4.32. The van der Waals surface area contributed by atoms with Gasteiger partial charge in [0.05, 0.1) is 16.9 Å². The van der Waals surface area contributed by atoms with E-state index in [0.717, 1.165) is 12.1 Å². The molecule has 0 fully saturated rings. The van der Waals surface area contributed by atoms with Crippen LogP contribution < -0.4 is 15.0 Å². The molecule has 1 unspecified atom stereocenters. The molecule has 140 valence electrons. The van der Waals surface area contributed by atoms with Gasteiger partial charge >= 0.3 is 6.18 Å². The Morgan fingerprint density at radius 1 is 1.12 bits per heavy atom. The predicted molar refractivity (Wildman–Crippen MR) is 90.9 cm³/mol. The second-order valence-corrected chi connectivity index (χ2v) is 5.83. The van der Waals surface area contributed by atoms with Crippen molar-refractivity contribution < 1.29 is 27.1 Å². The monoisotopic (exact) mass is 370 g/mol. The standard InChI is InChI=1S/C18H18F4N2O2/c1-11(26-14-7-5-13(19)6-8-14)17(25)23-15-10-12(18(20,21)22)4-9-16(15)24(2)3/h4-11H,1-3H3,(H,23,25). The van der Waals surface area contributed by atoms with Crippen LogP contribution in [0, 0.1) is 5.82 Å². The molecule has 2 aromatic rings. The number of nitrogens with zero attached hydrogens (tertiary/aromatic N) is 1. The summed E-state index contributed by atoms with van der Waals surface area (Å²) >= 11 is 0. The van der Waals surface area contributed by atoms with Crippen LogP contribution >= 0.6 is 0 Å². The summed E-state index contributed by atoms with van der Waals surface area (Å²) in [5.74, 6) is -0.809. The van der Waals surface area contributed by atoms with Crippen LogP contribution in [0.5, 0.6) is 5.75 Å². The number of amides is 1. The quantitative estimate of drug-likeness (QED) is 0.798. The van der Waals surface area contributed by atoms with E-state index in [4.69, 9.17) is 4.74 Å². The van der Waals surface area contributed by atoms with Crippen molar-refractivity contribution in [3.8, 4) is 5.75 Å². The molecule has 2 aromatic carbocycles. The fraction of sp³-hybridized carbons (Fsp3) is 0.278. The molecule has 0 aromatic heterocycles. The lowest BCUT2D eigenvalue weighted by molar-refractivity contribution is -0.137. The lowest BCUT2D eigenvalue weighted by atomic mass is 10.1. The van der Waals surface area contributed by atoms with Crippen molar-refractivity contribution in [3.63, 3.8) is 0 Å². The zero-order chi connectivity index (χ0) is 19.5. The number of benzene rings is 2. The van der Waals surface area contributed by atoms with Crippen molar-refractivity contribution >= 4 is 17.3 Å². The molecule has 4 nitrogen and oxygen atoms in total. The van der Waals surface area contributed by atoms with Crippen molar-refractivity contribution in [3.05, 3.63) is 53.8 Å². The fourth-order valence-corrected chi connectivity index (χ4v) is 2.21. The number of carbonyl (C=O) groups is 1. The number of hydrogen-bond acceptors (Lipinski definition) is 3. The lowest BCUT2D eigenvalue weighted by Gasteiger charge is -2.21. The Labute approximate surface area is 148 Å². The number of carbonyl (C=O) groups excluding carboxylic acids is 1. The summed E-state index contributed by atoms with van der Waals surface area (Å²) in [5.41, 5.74) is -0.435. The molecule has 0 aliphatic rings. The maximum Gasteiger partial charge on any atom is 0.416 e. The largest absolute Gasteiger partial charge is 0.481 e. The van der Waals surface area contributed by atoms with Gasteiger partial charge in [0.15, 0.2) is 6.10 Å². The summed E-state index contributed by atoms with van der Waals surface area (Å²) in [6.45, 7) is 1.45. The maximum absolute atomic E-state index is 12.9. The molecule has 0 saturated heterocycles. The van der Waals surface area contributed by atoms with Gasteiger partial charge in [0, 0.05) is 14.1 Å². The molecule has 0 spiro atoms. The summed E-state index contributed by atoms with van der Waals surface area (Å²) in [4.78, 5) is 13.9. The molecule has 1 amide bonds. The summed E-state index contributed by atoms with van der Waals surface area (Å²) in [5, 5.41) is 2.46. The molecular formula is C18H18F4N2O2. The highest BCUT2D eigenvalue weighted by Crippen LogP contribution is 2.35. The minimum atomic E-state index is -4.53. The van der Waals surface area contributed by atoms with Gasteiger partial charge in [-0.25, -0.2) is 4.39 Å². The first-order valence-corrected chi connectivity index (χ1v) is 7.69. The zero-order valence-corrected chi connectivity index (χ0v) is 14.4. The molecule has 26 heavy (non-hydrogen) atoms. The third kappa shape index (κ3) is 4.87. The van der Waals surface area contributed by atoms with Gasteiger partial charge in [-0.05, 0) is 49.4 Å². The van der Waals surface area contributed by atoms with E-state index in [0.29, 0.717) is 5.69 Å². The maximum atomic E-state index is 12.9. The van der Waals surface area contributed by atoms with Crippen molar-refractivity contribution in [2.75, 3.05) is 24.3 Å². The molecule has 2 rings (SSSR count). The Morgan fingerprint density at radius 2 is 1.73 bits per heavy atom. The van der Waals surface area contributed by atoms with Crippen molar-refractivity contribution in [2.45, 2.75) is 19.2 Å². The highest BCUT2D eigenvalue weighted by molar-refractivity contribution is 5.97. The van der Waals surface area contributed by atoms with E-state index < -0.39 is 29.6 Å². The number of anilines is 2. The van der Waals surface area contributed by atoms with Gasteiger partial charge in [-0.2, -0.15) is 13.2 Å². The van der Waals surface area contributed by atoms with Gasteiger partial charge in [-0.3, -0.25) is 4.79 Å². The second kappa shape index (κ2) is 7.63. The van der Waals surface area contributed by atoms with Crippen LogP contribution in [0.2, 0.25) is 0 Å². The summed E-state index contributed by atoms with van der Waals surface area (Å²) < 4.78 is 57.1. The number of nitrogens with one attached hydrogen (secondary N) is 1. The van der Waals surface area contributed by atoms with Gasteiger partial charge in [-0.1, -0.05) is 0 Å². The van der Waals surface area contributed by atoms with Crippen molar-refractivity contribution in [1.82, 2.24) is 0 Å². The third-order valence-corrected chi connectivity index (χ3v) is 3.56. The average molecular weight is 370 g/mol. The fourth-order valence-electron chi connectivity index (χ4n) is 2.21. The van der Waals surface area contributed by atoms with E-state index in [9.17, 15) is 22.4 Å². The molecule has 8 heteroatoms. The van der Waals surface area contributed by atoms with Gasteiger partial charge < -0.3 is 15.0 Å². The van der Waals surface area contributed by atoms with E-state index in [1.54, 1.807) is 19.0 Å². The van der Waals surface area contributed by atoms with Gasteiger partial charge in [0.1, 0.15) is 11.6 Å². The molecule has 0 bridgehead atoms. The van der Waals surface area contributed by atoms with Gasteiger partial charge in [0.25, 0.3) is 5.91 Å². The highest BCUT2D eigenvalue weighted by Gasteiger charge is 2.31. The van der Waals surface area contributed by atoms with E-state index in [1.807, 2.05) is 0 Å². The normalized spacial score (nSPS) is 12.4. The first kappa shape index (κ1) is 19.6. The van der Waals surface area contributed by atoms with Gasteiger partial charge in [-0.15, -0.1) is 0 Å². The van der Waals surface area contributed by atoms with Crippen LogP contribution in [0.1, 0.15) is 12.5 Å². The molecule has 1 N–H and O–H groups in total. The van der Waals surface area contributed by atoms with Crippen LogP contribution in [0.4, 0.5) is 28.9 Å².